The molecule has 0 aromatic heterocycles. The van der Waals surface area contributed by atoms with Crippen molar-refractivity contribution in [2.45, 2.75) is 31.0 Å². The van der Waals surface area contributed by atoms with Gasteiger partial charge in [-0.2, -0.15) is 0 Å². The molecule has 2 aromatic carbocycles. The molecule has 1 saturated heterocycles. The summed E-state index contributed by atoms with van der Waals surface area (Å²) in [6.45, 7) is 1.16. The molecule has 0 spiro atoms. The zero-order valence-electron chi connectivity index (χ0n) is 14.3. The minimum Gasteiger partial charge on any atom is -0.383 e. The molecule has 1 aliphatic heterocycles. The molecular weight excluding hydrogens is 324 g/mol. The lowest BCUT2D eigenvalue weighted by Gasteiger charge is -2.26. The van der Waals surface area contributed by atoms with Crippen molar-refractivity contribution in [3.63, 3.8) is 0 Å². The lowest BCUT2D eigenvalue weighted by molar-refractivity contribution is 0.0896. The minimum atomic E-state index is -0.843. The van der Waals surface area contributed by atoms with Crippen molar-refractivity contribution in [3.05, 3.63) is 71.3 Å². The Morgan fingerprint density at radius 2 is 1.96 bits per heavy atom. The summed E-state index contributed by atoms with van der Waals surface area (Å²) in [7, 11) is 1.68. The van der Waals surface area contributed by atoms with E-state index in [9.17, 15) is 8.78 Å². The lowest BCUT2D eigenvalue weighted by atomic mass is 9.99. The Morgan fingerprint density at radius 1 is 1.16 bits per heavy atom. The van der Waals surface area contributed by atoms with Crippen molar-refractivity contribution in [1.82, 2.24) is 5.32 Å². The summed E-state index contributed by atoms with van der Waals surface area (Å²) < 4.78 is 37.9. The summed E-state index contributed by atoms with van der Waals surface area (Å²) >= 11 is 0. The van der Waals surface area contributed by atoms with Crippen LogP contribution in [0, 0.1) is 11.6 Å². The van der Waals surface area contributed by atoms with Crippen molar-refractivity contribution < 1.29 is 18.3 Å². The highest BCUT2D eigenvalue weighted by molar-refractivity contribution is 5.23. The van der Waals surface area contributed by atoms with Crippen LogP contribution in [0.4, 0.5) is 8.78 Å². The van der Waals surface area contributed by atoms with Gasteiger partial charge in [0.15, 0.2) is 11.6 Å². The molecule has 2 aromatic rings. The molecule has 134 valence electrons. The van der Waals surface area contributed by atoms with Crippen molar-refractivity contribution in [1.29, 1.82) is 0 Å². The van der Waals surface area contributed by atoms with Gasteiger partial charge < -0.3 is 14.8 Å². The normalized spacial score (nSPS) is 21.4. The lowest BCUT2D eigenvalue weighted by Crippen LogP contribution is -2.43. The zero-order chi connectivity index (χ0) is 17.6. The van der Waals surface area contributed by atoms with Crippen molar-refractivity contribution in [2.75, 3.05) is 20.3 Å². The Bertz CT molecular complexity index is 681. The molecule has 1 fully saturated rings. The van der Waals surface area contributed by atoms with Gasteiger partial charge in [0.2, 0.25) is 0 Å². The first-order chi connectivity index (χ1) is 12.2. The monoisotopic (exact) mass is 347 g/mol. The number of halogens is 2. The average molecular weight is 347 g/mol. The highest BCUT2D eigenvalue weighted by atomic mass is 19.2. The van der Waals surface area contributed by atoms with Crippen molar-refractivity contribution in [3.8, 4) is 0 Å². The molecular formula is C20H23F2NO2. The summed E-state index contributed by atoms with van der Waals surface area (Å²) in [5, 5.41) is 3.58. The van der Waals surface area contributed by atoms with E-state index in [1.807, 2.05) is 18.2 Å². The minimum absolute atomic E-state index is 0.0359. The van der Waals surface area contributed by atoms with Gasteiger partial charge in [0.25, 0.3) is 0 Å². The van der Waals surface area contributed by atoms with Crippen LogP contribution in [0.1, 0.15) is 23.7 Å². The first kappa shape index (κ1) is 18.0. The van der Waals surface area contributed by atoms with Crippen LogP contribution in [0.15, 0.2) is 48.5 Å². The predicted molar refractivity (Wildman–Crippen MR) is 92.4 cm³/mol. The largest absolute Gasteiger partial charge is 0.383 e. The molecule has 1 aliphatic rings. The highest BCUT2D eigenvalue weighted by Gasteiger charge is 2.31. The molecule has 3 rings (SSSR count). The summed E-state index contributed by atoms with van der Waals surface area (Å²) in [5.74, 6) is -1.68. The number of nitrogens with one attached hydrogen (secondary N) is 1. The third-order valence-electron chi connectivity index (χ3n) is 4.51. The topological polar surface area (TPSA) is 30.5 Å². The molecule has 3 atom stereocenters. The van der Waals surface area contributed by atoms with Crippen LogP contribution in [-0.4, -0.2) is 32.4 Å². The van der Waals surface area contributed by atoms with Gasteiger partial charge in [0.05, 0.1) is 12.7 Å². The maximum absolute atomic E-state index is 13.6. The van der Waals surface area contributed by atoms with Crippen molar-refractivity contribution in [2.24, 2.45) is 0 Å². The van der Waals surface area contributed by atoms with E-state index < -0.39 is 11.6 Å². The SMILES string of the molecule is COC[C@H](Cc1ccccc1)N[C@@H]1CCO[C@H]1c1ccc(F)c(F)c1. The number of ether oxygens (including phenoxy) is 2. The van der Waals surface area contributed by atoms with E-state index in [1.165, 1.54) is 11.6 Å². The Kier molecular flexibility index (Phi) is 6.13. The molecule has 0 aliphatic carbocycles. The van der Waals surface area contributed by atoms with E-state index in [1.54, 1.807) is 13.2 Å². The van der Waals surface area contributed by atoms with Crippen molar-refractivity contribution >= 4 is 0 Å². The summed E-state index contributed by atoms with van der Waals surface area (Å²) in [6.07, 6.45) is 1.36. The standard InChI is InChI=1S/C20H23F2NO2/c1-24-13-16(11-14-5-3-2-4-6-14)23-19-9-10-25-20(19)15-7-8-17(21)18(22)12-15/h2-8,12,16,19-20,23H,9-11,13H2,1H3/t16-,19+,20-/m0/s1. The Balaban J connectivity index is 1.70. The fraction of sp³-hybridized carbons (Fsp3) is 0.400. The first-order valence-electron chi connectivity index (χ1n) is 8.53. The van der Waals surface area contributed by atoms with E-state index in [0.717, 1.165) is 18.9 Å². The van der Waals surface area contributed by atoms with Gasteiger partial charge in [-0.3, -0.25) is 0 Å². The highest BCUT2D eigenvalue weighted by Crippen LogP contribution is 2.30. The second kappa shape index (κ2) is 8.52. The quantitative estimate of drug-likeness (QED) is 0.829. The molecule has 0 bridgehead atoms. The van der Waals surface area contributed by atoms with E-state index >= 15 is 0 Å². The maximum atomic E-state index is 13.6. The van der Waals surface area contributed by atoms with Crippen LogP contribution in [0.2, 0.25) is 0 Å². The van der Waals surface area contributed by atoms with Gasteiger partial charge in [-0.25, -0.2) is 8.78 Å². The fourth-order valence-corrected chi connectivity index (χ4v) is 3.35. The summed E-state index contributed by atoms with van der Waals surface area (Å²) in [6, 6.07) is 14.3. The Hall–Kier alpha value is -1.82. The van der Waals surface area contributed by atoms with E-state index in [2.05, 4.69) is 17.4 Å². The molecule has 0 saturated carbocycles. The number of hydrogen-bond acceptors (Lipinski definition) is 3. The van der Waals surface area contributed by atoms with E-state index in [4.69, 9.17) is 9.47 Å². The third-order valence-corrected chi connectivity index (χ3v) is 4.51. The smallest absolute Gasteiger partial charge is 0.159 e. The zero-order valence-corrected chi connectivity index (χ0v) is 14.3. The molecule has 1 N–H and O–H groups in total. The van der Waals surface area contributed by atoms with Crippen LogP contribution in [-0.2, 0) is 15.9 Å². The Morgan fingerprint density at radius 3 is 2.68 bits per heavy atom. The summed E-state index contributed by atoms with van der Waals surface area (Å²) in [5.41, 5.74) is 1.88. The maximum Gasteiger partial charge on any atom is 0.159 e. The van der Waals surface area contributed by atoms with Gasteiger partial charge in [-0.1, -0.05) is 36.4 Å². The van der Waals surface area contributed by atoms with Crippen LogP contribution in [0.5, 0.6) is 0 Å². The van der Waals surface area contributed by atoms with Crippen LogP contribution in [0.25, 0.3) is 0 Å². The van der Waals surface area contributed by atoms with Gasteiger partial charge in [-0.15, -0.1) is 0 Å². The molecule has 0 unspecified atom stereocenters. The van der Waals surface area contributed by atoms with Crippen LogP contribution < -0.4 is 5.32 Å². The first-order valence-corrected chi connectivity index (χ1v) is 8.53. The molecule has 25 heavy (non-hydrogen) atoms. The number of rotatable bonds is 7. The summed E-state index contributed by atoms with van der Waals surface area (Å²) in [4.78, 5) is 0. The Labute approximate surface area is 147 Å². The predicted octanol–water partition coefficient (Wildman–Crippen LogP) is 3.64. The second-order valence-corrected chi connectivity index (χ2v) is 6.37. The number of benzene rings is 2. The van der Waals surface area contributed by atoms with E-state index in [-0.39, 0.29) is 18.2 Å². The molecule has 0 amide bonds. The molecule has 5 heteroatoms. The number of methoxy groups -OCH3 is 1. The number of hydrogen-bond donors (Lipinski definition) is 1. The van der Waals surface area contributed by atoms with Gasteiger partial charge in [-0.05, 0) is 36.1 Å². The molecule has 3 nitrogen and oxygen atoms in total. The van der Waals surface area contributed by atoms with E-state index in [0.29, 0.717) is 18.8 Å². The second-order valence-electron chi connectivity index (χ2n) is 6.37. The van der Waals surface area contributed by atoms with Crippen LogP contribution in [0.3, 0.4) is 0 Å². The average Bonchev–Trinajstić information content (AvgIpc) is 3.06. The van der Waals surface area contributed by atoms with Gasteiger partial charge in [0.1, 0.15) is 0 Å². The third kappa shape index (κ3) is 4.63. The molecule has 0 radical (unpaired) electrons. The van der Waals surface area contributed by atoms with Gasteiger partial charge in [0, 0.05) is 25.8 Å². The van der Waals surface area contributed by atoms with Gasteiger partial charge >= 0.3 is 0 Å². The molecule has 1 heterocycles. The fourth-order valence-electron chi connectivity index (χ4n) is 3.35. The van der Waals surface area contributed by atoms with Crippen LogP contribution >= 0.6 is 0 Å².